The van der Waals surface area contributed by atoms with E-state index in [1.165, 1.54) is 15.6 Å². The van der Waals surface area contributed by atoms with Crippen LogP contribution in [0.3, 0.4) is 0 Å². The van der Waals surface area contributed by atoms with Gasteiger partial charge in [0.1, 0.15) is 6.04 Å². The SMILES string of the molecule is Cc1ccc(S(=O)(=O)N2CCCC2C(=O)N(CCCN2CCOCC2)c2nc3c(C)c(C)ccc3s2)cc1. The molecule has 2 aliphatic heterocycles. The van der Waals surface area contributed by atoms with Crippen molar-refractivity contribution in [3.8, 4) is 0 Å². The minimum Gasteiger partial charge on any atom is -0.379 e. The molecule has 0 saturated carbocycles. The molecule has 1 unspecified atom stereocenters. The van der Waals surface area contributed by atoms with Crippen molar-refractivity contribution in [2.75, 3.05) is 50.8 Å². The molecule has 5 rings (SSSR count). The fourth-order valence-corrected chi connectivity index (χ4v) is 7.91. The topological polar surface area (TPSA) is 83.1 Å². The van der Waals surface area contributed by atoms with Crippen LogP contribution in [-0.2, 0) is 19.6 Å². The third kappa shape index (κ3) is 5.51. The number of benzene rings is 2. The number of aryl methyl sites for hydroxylation is 3. The van der Waals surface area contributed by atoms with Gasteiger partial charge in [0.2, 0.25) is 15.9 Å². The lowest BCUT2D eigenvalue weighted by molar-refractivity contribution is -0.121. The molecule has 0 radical (unpaired) electrons. The number of carbonyl (C=O) groups is 1. The number of fused-ring (bicyclic) bond motifs is 1. The van der Waals surface area contributed by atoms with Crippen LogP contribution in [0.15, 0.2) is 41.3 Å². The summed E-state index contributed by atoms with van der Waals surface area (Å²) in [5, 5.41) is 0.639. The van der Waals surface area contributed by atoms with E-state index in [0.717, 1.165) is 66.2 Å². The molecule has 1 aromatic heterocycles. The number of morpholine rings is 1. The van der Waals surface area contributed by atoms with Gasteiger partial charge in [0, 0.05) is 32.7 Å². The van der Waals surface area contributed by atoms with E-state index in [4.69, 9.17) is 9.72 Å². The van der Waals surface area contributed by atoms with Gasteiger partial charge in [-0.3, -0.25) is 14.6 Å². The Kier molecular flexibility index (Phi) is 8.16. The summed E-state index contributed by atoms with van der Waals surface area (Å²) in [6.07, 6.45) is 1.94. The van der Waals surface area contributed by atoms with E-state index in [1.807, 2.05) is 6.92 Å². The zero-order valence-electron chi connectivity index (χ0n) is 22.4. The van der Waals surface area contributed by atoms with E-state index >= 15 is 0 Å². The van der Waals surface area contributed by atoms with E-state index in [-0.39, 0.29) is 10.8 Å². The van der Waals surface area contributed by atoms with Crippen LogP contribution in [0.2, 0.25) is 0 Å². The molecule has 0 bridgehead atoms. The zero-order chi connectivity index (χ0) is 26.9. The van der Waals surface area contributed by atoms with Crippen molar-refractivity contribution in [2.45, 2.75) is 51.0 Å². The maximum absolute atomic E-state index is 14.2. The van der Waals surface area contributed by atoms with Gasteiger partial charge in [-0.15, -0.1) is 0 Å². The molecule has 2 aromatic carbocycles. The van der Waals surface area contributed by atoms with Gasteiger partial charge < -0.3 is 4.74 Å². The van der Waals surface area contributed by atoms with Gasteiger partial charge in [-0.1, -0.05) is 35.1 Å². The lowest BCUT2D eigenvalue weighted by Crippen LogP contribution is -2.48. The third-order valence-electron chi connectivity index (χ3n) is 7.65. The number of anilines is 1. The van der Waals surface area contributed by atoms with Gasteiger partial charge in [-0.25, -0.2) is 13.4 Å². The normalized spacial score (nSPS) is 19.3. The van der Waals surface area contributed by atoms with Crippen molar-refractivity contribution in [3.63, 3.8) is 0 Å². The Bertz CT molecular complexity index is 1400. The number of aromatic nitrogens is 1. The summed E-state index contributed by atoms with van der Waals surface area (Å²) in [4.78, 5) is 23.4. The van der Waals surface area contributed by atoms with Crippen LogP contribution >= 0.6 is 11.3 Å². The third-order valence-corrected chi connectivity index (χ3v) is 10.6. The average molecular weight is 557 g/mol. The molecule has 1 amide bonds. The van der Waals surface area contributed by atoms with E-state index in [9.17, 15) is 13.2 Å². The smallest absolute Gasteiger partial charge is 0.247 e. The van der Waals surface area contributed by atoms with E-state index in [0.29, 0.717) is 31.1 Å². The van der Waals surface area contributed by atoms with Crippen molar-refractivity contribution >= 4 is 42.6 Å². The number of thiazole rings is 1. The molecule has 2 saturated heterocycles. The second-order valence-electron chi connectivity index (χ2n) is 10.2. The summed E-state index contributed by atoms with van der Waals surface area (Å²) < 4.78 is 35.1. The van der Waals surface area contributed by atoms with Crippen LogP contribution in [0, 0.1) is 20.8 Å². The summed E-state index contributed by atoms with van der Waals surface area (Å²) in [5.41, 5.74) is 4.17. The largest absolute Gasteiger partial charge is 0.379 e. The summed E-state index contributed by atoms with van der Waals surface area (Å²) in [6, 6.07) is 10.2. The minimum atomic E-state index is -3.79. The molecule has 10 heteroatoms. The Morgan fingerprint density at radius 2 is 1.82 bits per heavy atom. The first-order valence-corrected chi connectivity index (χ1v) is 15.6. The fourth-order valence-electron chi connectivity index (χ4n) is 5.21. The summed E-state index contributed by atoms with van der Waals surface area (Å²) in [5.74, 6) is -0.186. The van der Waals surface area contributed by atoms with Gasteiger partial charge in [-0.05, 0) is 69.4 Å². The van der Waals surface area contributed by atoms with Crippen LogP contribution in [0.1, 0.15) is 36.0 Å². The predicted octanol–water partition coefficient (Wildman–Crippen LogP) is 4.13. The number of rotatable bonds is 8. The van der Waals surface area contributed by atoms with Crippen molar-refractivity contribution in [1.82, 2.24) is 14.2 Å². The highest BCUT2D eigenvalue weighted by Crippen LogP contribution is 2.34. The number of hydrogen-bond donors (Lipinski definition) is 0. The second kappa shape index (κ2) is 11.4. The summed E-state index contributed by atoms with van der Waals surface area (Å²) >= 11 is 1.50. The Morgan fingerprint density at radius 3 is 2.55 bits per heavy atom. The molecule has 2 aliphatic rings. The monoisotopic (exact) mass is 556 g/mol. The van der Waals surface area contributed by atoms with Crippen LogP contribution in [0.5, 0.6) is 0 Å². The lowest BCUT2D eigenvalue weighted by Gasteiger charge is -2.30. The van der Waals surface area contributed by atoms with Gasteiger partial charge in [0.05, 0.1) is 28.3 Å². The lowest BCUT2D eigenvalue weighted by atomic mass is 10.1. The predicted molar refractivity (Wildman–Crippen MR) is 151 cm³/mol. The van der Waals surface area contributed by atoms with Gasteiger partial charge in [0.15, 0.2) is 5.13 Å². The van der Waals surface area contributed by atoms with Crippen LogP contribution in [0.25, 0.3) is 10.2 Å². The minimum absolute atomic E-state index is 0.186. The summed E-state index contributed by atoms with van der Waals surface area (Å²) in [7, 11) is -3.79. The van der Waals surface area contributed by atoms with Crippen LogP contribution in [-0.4, -0.2) is 80.5 Å². The van der Waals surface area contributed by atoms with Crippen molar-refractivity contribution < 1.29 is 17.9 Å². The molecule has 1 atom stereocenters. The van der Waals surface area contributed by atoms with Crippen LogP contribution in [0.4, 0.5) is 5.13 Å². The number of nitrogens with zero attached hydrogens (tertiary/aromatic N) is 4. The molecule has 8 nitrogen and oxygen atoms in total. The maximum atomic E-state index is 14.2. The van der Waals surface area contributed by atoms with E-state index < -0.39 is 16.1 Å². The summed E-state index contributed by atoms with van der Waals surface area (Å²) in [6.45, 7) is 11.0. The molecular weight excluding hydrogens is 520 g/mol. The van der Waals surface area contributed by atoms with Crippen molar-refractivity contribution in [2.24, 2.45) is 0 Å². The number of ether oxygens (including phenoxy) is 1. The quantitative estimate of drug-likeness (QED) is 0.415. The fraction of sp³-hybridized carbons (Fsp3) is 0.500. The number of hydrogen-bond acceptors (Lipinski definition) is 7. The first-order valence-electron chi connectivity index (χ1n) is 13.3. The molecule has 3 heterocycles. The van der Waals surface area contributed by atoms with E-state index in [1.54, 1.807) is 29.2 Å². The molecule has 2 fully saturated rings. The van der Waals surface area contributed by atoms with Crippen molar-refractivity contribution in [3.05, 3.63) is 53.1 Å². The molecule has 204 valence electrons. The Hall–Kier alpha value is -2.37. The van der Waals surface area contributed by atoms with Crippen molar-refractivity contribution in [1.29, 1.82) is 0 Å². The highest BCUT2D eigenvalue weighted by atomic mass is 32.2. The molecule has 0 spiro atoms. The highest BCUT2D eigenvalue weighted by molar-refractivity contribution is 7.89. The maximum Gasteiger partial charge on any atom is 0.247 e. The number of carbonyl (C=O) groups excluding carboxylic acids is 1. The molecule has 38 heavy (non-hydrogen) atoms. The Balaban J connectivity index is 1.43. The number of amides is 1. The first-order chi connectivity index (χ1) is 18.3. The zero-order valence-corrected chi connectivity index (χ0v) is 24.0. The Labute approximate surface area is 229 Å². The number of sulfonamides is 1. The molecular formula is C28H36N4O4S2. The first kappa shape index (κ1) is 27.2. The molecule has 0 N–H and O–H groups in total. The Morgan fingerprint density at radius 1 is 1.08 bits per heavy atom. The standard InChI is InChI=1S/C28H36N4O4S2/c1-20-7-10-23(11-8-20)38(34,35)32-15-4-6-24(32)27(33)31(14-5-13-30-16-18-36-19-17-30)28-29-26-22(3)21(2)9-12-25(26)37-28/h7-12,24H,4-6,13-19H2,1-3H3. The highest BCUT2D eigenvalue weighted by Gasteiger charge is 2.42. The molecule has 0 aliphatic carbocycles. The average Bonchev–Trinajstić information content (AvgIpc) is 3.58. The second-order valence-corrected chi connectivity index (χ2v) is 13.1. The van der Waals surface area contributed by atoms with Gasteiger partial charge >= 0.3 is 0 Å². The van der Waals surface area contributed by atoms with Crippen LogP contribution < -0.4 is 4.90 Å². The molecule has 3 aromatic rings. The van der Waals surface area contributed by atoms with E-state index in [2.05, 4.69) is 30.9 Å². The van der Waals surface area contributed by atoms with Gasteiger partial charge in [0.25, 0.3) is 0 Å². The van der Waals surface area contributed by atoms with Gasteiger partial charge in [-0.2, -0.15) is 4.31 Å².